The average Bonchev–Trinajstić information content (AvgIpc) is 2.14. The Bertz CT molecular complexity index is 350. The Kier molecular flexibility index (Phi) is 5.42. The van der Waals surface area contributed by atoms with Gasteiger partial charge < -0.3 is 10.5 Å². The molecule has 1 rings (SSSR count). The molecular formula is C14H22FNO. The second-order valence-corrected chi connectivity index (χ2v) is 5.01. The van der Waals surface area contributed by atoms with E-state index in [0.717, 1.165) is 12.0 Å². The number of hydrogen-bond donors (Lipinski definition) is 1. The first kappa shape index (κ1) is 14.0. The molecule has 1 unspecified atom stereocenters. The van der Waals surface area contributed by atoms with Crippen LogP contribution >= 0.6 is 0 Å². The van der Waals surface area contributed by atoms with E-state index >= 15 is 0 Å². The first-order valence-corrected chi connectivity index (χ1v) is 6.15. The zero-order valence-electron chi connectivity index (χ0n) is 10.9. The van der Waals surface area contributed by atoms with Gasteiger partial charge in [-0.3, -0.25) is 0 Å². The minimum Gasteiger partial charge on any atom is -0.493 e. The summed E-state index contributed by atoms with van der Waals surface area (Å²) in [5.74, 6) is 0.927. The van der Waals surface area contributed by atoms with Crippen LogP contribution in [0.3, 0.4) is 0 Å². The van der Waals surface area contributed by atoms with Gasteiger partial charge in [-0.25, -0.2) is 4.39 Å². The SMILES string of the molecule is CC(C)CCOc1cc(F)cc(CC(C)N)c1. The van der Waals surface area contributed by atoms with E-state index < -0.39 is 0 Å². The lowest BCUT2D eigenvalue weighted by Gasteiger charge is -2.11. The molecule has 0 amide bonds. The lowest BCUT2D eigenvalue weighted by molar-refractivity contribution is 0.288. The van der Waals surface area contributed by atoms with Gasteiger partial charge >= 0.3 is 0 Å². The third kappa shape index (κ3) is 5.68. The monoisotopic (exact) mass is 239 g/mol. The Hall–Kier alpha value is -1.09. The quantitative estimate of drug-likeness (QED) is 0.827. The predicted molar refractivity (Wildman–Crippen MR) is 68.7 cm³/mol. The Balaban J connectivity index is 2.62. The summed E-state index contributed by atoms with van der Waals surface area (Å²) in [6.07, 6.45) is 1.64. The van der Waals surface area contributed by atoms with E-state index in [9.17, 15) is 4.39 Å². The molecular weight excluding hydrogens is 217 g/mol. The summed E-state index contributed by atoms with van der Waals surface area (Å²) in [7, 11) is 0. The van der Waals surface area contributed by atoms with Crippen molar-refractivity contribution >= 4 is 0 Å². The van der Waals surface area contributed by atoms with Crippen LogP contribution in [0.4, 0.5) is 4.39 Å². The van der Waals surface area contributed by atoms with E-state index in [0.29, 0.717) is 24.7 Å². The van der Waals surface area contributed by atoms with Crippen molar-refractivity contribution in [1.82, 2.24) is 0 Å². The molecule has 96 valence electrons. The van der Waals surface area contributed by atoms with Gasteiger partial charge in [-0.05, 0) is 43.4 Å². The molecule has 0 aliphatic heterocycles. The van der Waals surface area contributed by atoms with Crippen molar-refractivity contribution in [2.24, 2.45) is 11.7 Å². The van der Waals surface area contributed by atoms with Gasteiger partial charge in [0.25, 0.3) is 0 Å². The Morgan fingerprint density at radius 3 is 2.53 bits per heavy atom. The van der Waals surface area contributed by atoms with Crippen molar-refractivity contribution in [3.63, 3.8) is 0 Å². The number of halogens is 1. The molecule has 0 spiro atoms. The molecule has 0 fully saturated rings. The van der Waals surface area contributed by atoms with Gasteiger partial charge in [-0.15, -0.1) is 0 Å². The highest BCUT2D eigenvalue weighted by Crippen LogP contribution is 2.18. The first-order valence-electron chi connectivity index (χ1n) is 6.15. The number of ether oxygens (including phenoxy) is 1. The molecule has 2 N–H and O–H groups in total. The Morgan fingerprint density at radius 2 is 1.94 bits per heavy atom. The van der Waals surface area contributed by atoms with Crippen molar-refractivity contribution in [3.8, 4) is 5.75 Å². The molecule has 0 aliphatic carbocycles. The lowest BCUT2D eigenvalue weighted by Crippen LogP contribution is -2.17. The van der Waals surface area contributed by atoms with Crippen LogP contribution in [-0.4, -0.2) is 12.6 Å². The maximum atomic E-state index is 13.3. The van der Waals surface area contributed by atoms with Crippen LogP contribution in [0.15, 0.2) is 18.2 Å². The van der Waals surface area contributed by atoms with Crippen molar-refractivity contribution in [2.75, 3.05) is 6.61 Å². The van der Waals surface area contributed by atoms with Crippen LogP contribution in [0.25, 0.3) is 0 Å². The third-order valence-corrected chi connectivity index (χ3v) is 2.45. The zero-order chi connectivity index (χ0) is 12.8. The number of benzene rings is 1. The van der Waals surface area contributed by atoms with Gasteiger partial charge in [0, 0.05) is 12.1 Å². The van der Waals surface area contributed by atoms with Crippen LogP contribution in [0.5, 0.6) is 5.75 Å². The maximum absolute atomic E-state index is 13.3. The summed E-state index contributed by atoms with van der Waals surface area (Å²) in [5.41, 5.74) is 6.59. The van der Waals surface area contributed by atoms with E-state index in [4.69, 9.17) is 10.5 Å². The molecule has 0 aliphatic rings. The fourth-order valence-corrected chi connectivity index (χ4v) is 1.61. The lowest BCUT2D eigenvalue weighted by atomic mass is 10.1. The summed E-state index contributed by atoms with van der Waals surface area (Å²) in [6.45, 7) is 6.80. The second kappa shape index (κ2) is 6.60. The van der Waals surface area contributed by atoms with Crippen LogP contribution < -0.4 is 10.5 Å². The normalized spacial score (nSPS) is 12.8. The van der Waals surface area contributed by atoms with Crippen LogP contribution in [-0.2, 0) is 6.42 Å². The molecule has 0 bridgehead atoms. The number of hydrogen-bond acceptors (Lipinski definition) is 2. The third-order valence-electron chi connectivity index (χ3n) is 2.45. The fraction of sp³-hybridized carbons (Fsp3) is 0.571. The Labute approximate surface area is 103 Å². The fourth-order valence-electron chi connectivity index (χ4n) is 1.61. The van der Waals surface area contributed by atoms with Crippen molar-refractivity contribution < 1.29 is 9.13 Å². The highest BCUT2D eigenvalue weighted by molar-refractivity contribution is 5.30. The topological polar surface area (TPSA) is 35.2 Å². The van der Waals surface area contributed by atoms with E-state index in [1.807, 2.05) is 13.0 Å². The molecule has 0 aromatic heterocycles. The van der Waals surface area contributed by atoms with Crippen LogP contribution in [0.2, 0.25) is 0 Å². The summed E-state index contributed by atoms with van der Waals surface area (Å²) in [6, 6.07) is 4.83. The van der Waals surface area contributed by atoms with Crippen LogP contribution in [0.1, 0.15) is 32.8 Å². The Morgan fingerprint density at radius 1 is 1.24 bits per heavy atom. The molecule has 0 saturated heterocycles. The van der Waals surface area contributed by atoms with Gasteiger partial charge in [0.15, 0.2) is 0 Å². The summed E-state index contributed by atoms with van der Waals surface area (Å²) < 4.78 is 18.9. The molecule has 0 saturated carbocycles. The largest absolute Gasteiger partial charge is 0.493 e. The molecule has 1 aromatic rings. The molecule has 0 radical (unpaired) electrons. The van der Waals surface area contributed by atoms with Gasteiger partial charge in [-0.2, -0.15) is 0 Å². The number of rotatable bonds is 6. The molecule has 1 atom stereocenters. The van der Waals surface area contributed by atoms with E-state index in [1.165, 1.54) is 12.1 Å². The minimum atomic E-state index is -0.261. The standard InChI is InChI=1S/C14H22FNO/c1-10(2)4-5-17-14-8-12(6-11(3)16)7-13(15)9-14/h7-11H,4-6,16H2,1-3H3. The van der Waals surface area contributed by atoms with Crippen molar-refractivity contribution in [3.05, 3.63) is 29.6 Å². The van der Waals surface area contributed by atoms with E-state index in [1.54, 1.807) is 0 Å². The van der Waals surface area contributed by atoms with Crippen molar-refractivity contribution in [1.29, 1.82) is 0 Å². The molecule has 3 heteroatoms. The second-order valence-electron chi connectivity index (χ2n) is 5.01. The summed E-state index contributed by atoms with van der Waals surface area (Å²) in [4.78, 5) is 0. The molecule has 17 heavy (non-hydrogen) atoms. The van der Waals surface area contributed by atoms with E-state index in [2.05, 4.69) is 13.8 Å². The number of nitrogens with two attached hydrogens (primary N) is 1. The summed E-state index contributed by atoms with van der Waals surface area (Å²) >= 11 is 0. The predicted octanol–water partition coefficient (Wildman–Crippen LogP) is 3.14. The molecule has 0 heterocycles. The van der Waals surface area contributed by atoms with Crippen molar-refractivity contribution in [2.45, 2.75) is 39.7 Å². The van der Waals surface area contributed by atoms with Gasteiger partial charge in [0.2, 0.25) is 0 Å². The maximum Gasteiger partial charge on any atom is 0.127 e. The average molecular weight is 239 g/mol. The highest BCUT2D eigenvalue weighted by Gasteiger charge is 2.04. The van der Waals surface area contributed by atoms with Gasteiger partial charge in [0.05, 0.1) is 6.61 Å². The van der Waals surface area contributed by atoms with Gasteiger partial charge in [0.1, 0.15) is 11.6 Å². The first-order chi connectivity index (χ1) is 7.97. The van der Waals surface area contributed by atoms with Crippen LogP contribution in [0, 0.1) is 11.7 Å². The smallest absolute Gasteiger partial charge is 0.127 e. The minimum absolute atomic E-state index is 0.0281. The molecule has 1 aromatic carbocycles. The highest BCUT2D eigenvalue weighted by atomic mass is 19.1. The van der Waals surface area contributed by atoms with Gasteiger partial charge in [-0.1, -0.05) is 13.8 Å². The molecule has 2 nitrogen and oxygen atoms in total. The summed E-state index contributed by atoms with van der Waals surface area (Å²) in [5, 5.41) is 0. The van der Waals surface area contributed by atoms with E-state index in [-0.39, 0.29) is 11.9 Å². The zero-order valence-corrected chi connectivity index (χ0v) is 10.9.